The zero-order chi connectivity index (χ0) is 21.0. The van der Waals surface area contributed by atoms with Crippen LogP contribution in [-0.2, 0) is 27.8 Å². The zero-order valence-electron chi connectivity index (χ0n) is 17.1. The Balaban J connectivity index is 1.68. The van der Waals surface area contributed by atoms with Crippen LogP contribution in [0.15, 0.2) is 29.6 Å². The van der Waals surface area contributed by atoms with Crippen molar-refractivity contribution >= 4 is 38.1 Å². The summed E-state index contributed by atoms with van der Waals surface area (Å²) < 4.78 is 25.5. The molecule has 1 amide bonds. The Kier molecular flexibility index (Phi) is 7.05. The standard InChI is InChI=1S/C20H28N4O3S2/c1-4-16-7-5-6-8-19(16)24(15(2)25)20-21-18(14-28-20)13-23-11-9-17(10-12-23)22-29(3,26)27/h5-8,14,17,22H,4,9-13H2,1-3H3. The van der Waals surface area contributed by atoms with Crippen LogP contribution in [0, 0.1) is 0 Å². The van der Waals surface area contributed by atoms with E-state index in [-0.39, 0.29) is 11.9 Å². The number of hydrogen-bond donors (Lipinski definition) is 1. The number of piperidine rings is 1. The molecule has 1 aromatic carbocycles. The lowest BCUT2D eigenvalue weighted by molar-refractivity contribution is -0.115. The molecule has 1 aromatic heterocycles. The van der Waals surface area contributed by atoms with Crippen molar-refractivity contribution in [3.63, 3.8) is 0 Å². The van der Waals surface area contributed by atoms with Crippen molar-refractivity contribution in [1.29, 1.82) is 0 Å². The second kappa shape index (κ2) is 9.34. The number of carbonyl (C=O) groups excluding carboxylic acids is 1. The normalized spacial score (nSPS) is 16.1. The lowest BCUT2D eigenvalue weighted by Crippen LogP contribution is -2.44. The maximum absolute atomic E-state index is 12.4. The molecular weight excluding hydrogens is 408 g/mol. The van der Waals surface area contributed by atoms with Gasteiger partial charge in [0.05, 0.1) is 17.6 Å². The number of benzene rings is 1. The number of thiazole rings is 1. The second-order valence-corrected chi connectivity index (χ2v) is 10.0. The maximum Gasteiger partial charge on any atom is 0.230 e. The smallest absolute Gasteiger partial charge is 0.230 e. The summed E-state index contributed by atoms with van der Waals surface area (Å²) in [6, 6.07) is 7.92. The van der Waals surface area contributed by atoms with Gasteiger partial charge in [-0.05, 0) is 30.9 Å². The van der Waals surface area contributed by atoms with Gasteiger partial charge < -0.3 is 0 Å². The molecule has 0 atom stereocenters. The quantitative estimate of drug-likeness (QED) is 0.722. The highest BCUT2D eigenvalue weighted by molar-refractivity contribution is 7.88. The Hall–Kier alpha value is -1.81. The first-order valence-corrected chi connectivity index (χ1v) is 12.6. The predicted octanol–water partition coefficient (Wildman–Crippen LogP) is 2.90. The molecule has 1 N–H and O–H groups in total. The predicted molar refractivity (Wildman–Crippen MR) is 117 cm³/mol. The van der Waals surface area contributed by atoms with E-state index < -0.39 is 10.0 Å². The number of rotatable bonds is 7. The van der Waals surface area contributed by atoms with Crippen LogP contribution in [0.4, 0.5) is 10.8 Å². The van der Waals surface area contributed by atoms with Gasteiger partial charge in [0.1, 0.15) is 0 Å². The summed E-state index contributed by atoms with van der Waals surface area (Å²) in [6.07, 6.45) is 3.61. The highest BCUT2D eigenvalue weighted by Gasteiger charge is 2.24. The Morgan fingerprint density at radius 3 is 2.62 bits per heavy atom. The maximum atomic E-state index is 12.4. The Bertz CT molecular complexity index is 950. The number of sulfonamides is 1. The number of anilines is 2. The van der Waals surface area contributed by atoms with Gasteiger partial charge in [0.15, 0.2) is 5.13 Å². The van der Waals surface area contributed by atoms with Gasteiger partial charge >= 0.3 is 0 Å². The first-order valence-electron chi connectivity index (χ1n) is 9.79. The molecule has 0 spiro atoms. The van der Waals surface area contributed by atoms with E-state index >= 15 is 0 Å². The Morgan fingerprint density at radius 1 is 1.31 bits per heavy atom. The van der Waals surface area contributed by atoms with E-state index in [0.717, 1.165) is 49.3 Å². The Labute approximate surface area is 176 Å². The van der Waals surface area contributed by atoms with Gasteiger partial charge in [0, 0.05) is 38.0 Å². The number of hydrogen-bond acceptors (Lipinski definition) is 6. The van der Waals surface area contributed by atoms with Crippen LogP contribution in [0.1, 0.15) is 37.9 Å². The summed E-state index contributed by atoms with van der Waals surface area (Å²) in [4.78, 5) is 21.1. The highest BCUT2D eigenvalue weighted by atomic mass is 32.2. The molecule has 0 bridgehead atoms. The third-order valence-corrected chi connectivity index (χ3v) is 6.65. The third kappa shape index (κ3) is 5.85. The van der Waals surface area contributed by atoms with Crippen molar-refractivity contribution in [3.8, 4) is 0 Å². The summed E-state index contributed by atoms with van der Waals surface area (Å²) in [5.74, 6) is -0.0561. The molecule has 2 heterocycles. The van der Waals surface area contributed by atoms with Gasteiger partial charge in [-0.3, -0.25) is 14.6 Å². The van der Waals surface area contributed by atoms with Gasteiger partial charge in [-0.2, -0.15) is 0 Å². The lowest BCUT2D eigenvalue weighted by Gasteiger charge is -2.31. The van der Waals surface area contributed by atoms with Crippen LogP contribution in [0.5, 0.6) is 0 Å². The van der Waals surface area contributed by atoms with E-state index in [1.54, 1.807) is 11.8 Å². The van der Waals surface area contributed by atoms with Gasteiger partial charge in [0.2, 0.25) is 15.9 Å². The second-order valence-electron chi connectivity index (χ2n) is 7.40. The molecule has 158 valence electrons. The first-order chi connectivity index (χ1) is 13.8. The molecule has 3 rings (SSSR count). The molecule has 2 aromatic rings. The molecule has 0 radical (unpaired) electrons. The monoisotopic (exact) mass is 436 g/mol. The number of nitrogens with zero attached hydrogens (tertiary/aromatic N) is 3. The molecule has 1 fully saturated rings. The molecule has 1 saturated heterocycles. The topological polar surface area (TPSA) is 82.6 Å². The molecule has 0 aliphatic carbocycles. The molecule has 1 aliphatic rings. The fraction of sp³-hybridized carbons (Fsp3) is 0.500. The fourth-order valence-electron chi connectivity index (χ4n) is 3.65. The molecule has 29 heavy (non-hydrogen) atoms. The first kappa shape index (κ1) is 21.9. The number of para-hydroxylation sites is 1. The van der Waals surface area contributed by atoms with Crippen LogP contribution in [-0.4, -0.2) is 49.6 Å². The van der Waals surface area contributed by atoms with Crippen molar-refractivity contribution in [2.75, 3.05) is 24.2 Å². The minimum atomic E-state index is -3.16. The van der Waals surface area contributed by atoms with Crippen LogP contribution in [0.2, 0.25) is 0 Å². The lowest BCUT2D eigenvalue weighted by atomic mass is 10.1. The third-order valence-electron chi connectivity index (χ3n) is 5.01. The van der Waals surface area contributed by atoms with Crippen LogP contribution in [0.3, 0.4) is 0 Å². The summed E-state index contributed by atoms with van der Waals surface area (Å²) in [7, 11) is -3.16. The van der Waals surface area contributed by atoms with Crippen molar-refractivity contribution in [2.24, 2.45) is 0 Å². The molecule has 1 aliphatic heterocycles. The van der Waals surface area contributed by atoms with E-state index in [1.165, 1.54) is 17.6 Å². The minimum Gasteiger partial charge on any atom is -0.297 e. The molecule has 7 nitrogen and oxygen atoms in total. The number of nitrogens with one attached hydrogen (secondary N) is 1. The number of aryl methyl sites for hydroxylation is 1. The van der Waals surface area contributed by atoms with Crippen LogP contribution < -0.4 is 9.62 Å². The van der Waals surface area contributed by atoms with E-state index in [4.69, 9.17) is 4.98 Å². The number of likely N-dealkylation sites (tertiary alicyclic amines) is 1. The SMILES string of the molecule is CCc1ccccc1N(C(C)=O)c1nc(CN2CCC(NS(C)(=O)=O)CC2)cs1. The van der Waals surface area contributed by atoms with Gasteiger partial charge in [-0.15, -0.1) is 11.3 Å². The van der Waals surface area contributed by atoms with E-state index in [9.17, 15) is 13.2 Å². The van der Waals surface area contributed by atoms with Crippen molar-refractivity contribution in [2.45, 2.75) is 45.7 Å². The molecule has 0 saturated carbocycles. The summed E-state index contributed by atoms with van der Waals surface area (Å²) >= 11 is 1.47. The number of aromatic nitrogens is 1. The molecule has 0 unspecified atom stereocenters. The average Bonchev–Trinajstić information content (AvgIpc) is 3.10. The van der Waals surface area contributed by atoms with Crippen LogP contribution >= 0.6 is 11.3 Å². The average molecular weight is 437 g/mol. The molecular formula is C20H28N4O3S2. The summed E-state index contributed by atoms with van der Waals surface area (Å²) in [5.41, 5.74) is 2.93. The van der Waals surface area contributed by atoms with Gasteiger partial charge in [0.25, 0.3) is 0 Å². The van der Waals surface area contributed by atoms with Gasteiger partial charge in [-0.1, -0.05) is 25.1 Å². The van der Waals surface area contributed by atoms with Crippen molar-refractivity contribution < 1.29 is 13.2 Å². The fourth-order valence-corrected chi connectivity index (χ4v) is 5.36. The van der Waals surface area contributed by atoms with E-state index in [1.807, 2.05) is 29.6 Å². The summed E-state index contributed by atoms with van der Waals surface area (Å²) in [5, 5.41) is 2.68. The zero-order valence-corrected chi connectivity index (χ0v) is 18.7. The van der Waals surface area contributed by atoms with E-state index in [0.29, 0.717) is 11.7 Å². The number of carbonyl (C=O) groups is 1. The molecule has 9 heteroatoms. The number of amides is 1. The summed E-state index contributed by atoms with van der Waals surface area (Å²) in [6.45, 7) is 5.97. The van der Waals surface area contributed by atoms with Crippen LogP contribution in [0.25, 0.3) is 0 Å². The Morgan fingerprint density at radius 2 is 2.00 bits per heavy atom. The van der Waals surface area contributed by atoms with E-state index in [2.05, 4.69) is 16.5 Å². The van der Waals surface area contributed by atoms with Crippen molar-refractivity contribution in [3.05, 3.63) is 40.9 Å². The largest absolute Gasteiger partial charge is 0.297 e. The van der Waals surface area contributed by atoms with Gasteiger partial charge in [-0.25, -0.2) is 18.1 Å². The highest BCUT2D eigenvalue weighted by Crippen LogP contribution is 2.32. The van der Waals surface area contributed by atoms with Crippen molar-refractivity contribution in [1.82, 2.24) is 14.6 Å². The minimum absolute atomic E-state index is 0.00555.